The summed E-state index contributed by atoms with van der Waals surface area (Å²) in [5, 5.41) is 8.79. The van der Waals surface area contributed by atoms with Gasteiger partial charge in [-0.05, 0) is 63.3 Å². The minimum absolute atomic E-state index is 0.00962. The number of carboxylic acid groups (broad SMARTS) is 1. The Kier molecular flexibility index (Phi) is 8.58. The summed E-state index contributed by atoms with van der Waals surface area (Å²) < 4.78 is 25.1. The van der Waals surface area contributed by atoms with Crippen molar-refractivity contribution in [2.45, 2.75) is 45.6 Å². The third kappa shape index (κ3) is 6.22. The summed E-state index contributed by atoms with van der Waals surface area (Å²) in [6.45, 7) is 3.27. The monoisotopic (exact) mass is 544 g/mol. The first-order valence-electron chi connectivity index (χ1n) is 10.4. The van der Waals surface area contributed by atoms with Crippen LogP contribution in [0.1, 0.15) is 50.0 Å². The largest absolute Gasteiger partial charge is 0.489 e. The number of cyclic esters (lactones) is 1. The number of amides is 2. The fourth-order valence-electron chi connectivity index (χ4n) is 3.42. The van der Waals surface area contributed by atoms with Crippen molar-refractivity contribution in [3.8, 4) is 5.75 Å². The van der Waals surface area contributed by atoms with Gasteiger partial charge in [-0.3, -0.25) is 4.79 Å². The fraction of sp³-hybridized carbons (Fsp3) is 0.304. The molecule has 8 nitrogen and oxygen atoms in total. The van der Waals surface area contributed by atoms with E-state index in [1.54, 1.807) is 13.8 Å². The summed E-state index contributed by atoms with van der Waals surface area (Å²) in [5.41, 5.74) is 0.0884. The lowest BCUT2D eigenvalue weighted by atomic mass is 10.2. The molecule has 2 heterocycles. The third-order valence-electron chi connectivity index (χ3n) is 5.08. The van der Waals surface area contributed by atoms with E-state index in [0.29, 0.717) is 10.5 Å². The van der Waals surface area contributed by atoms with Crippen LogP contribution in [0.25, 0.3) is 0 Å². The number of rotatable bonds is 4. The zero-order valence-electron chi connectivity index (χ0n) is 18.6. The number of benzene rings is 1. The third-order valence-corrected chi connectivity index (χ3v) is 5.89. The van der Waals surface area contributed by atoms with Crippen LogP contribution in [0, 0.1) is 5.82 Å². The molecule has 1 N–H and O–H groups in total. The van der Waals surface area contributed by atoms with Crippen molar-refractivity contribution in [1.82, 2.24) is 4.98 Å². The van der Waals surface area contributed by atoms with E-state index in [-0.39, 0.29) is 44.2 Å². The van der Waals surface area contributed by atoms with Gasteiger partial charge in [0.25, 0.3) is 0 Å². The highest BCUT2D eigenvalue weighted by molar-refractivity contribution is 6.34. The minimum Gasteiger partial charge on any atom is -0.489 e. The molecular formula is C23H20Cl3FN2O6. The summed E-state index contributed by atoms with van der Waals surface area (Å²) in [7, 11) is 0. The van der Waals surface area contributed by atoms with Crippen molar-refractivity contribution in [1.29, 1.82) is 0 Å². The average Bonchev–Trinajstić information content (AvgIpc) is 3.40. The lowest BCUT2D eigenvalue weighted by Gasteiger charge is -2.18. The van der Waals surface area contributed by atoms with Gasteiger partial charge in [0.05, 0.1) is 21.8 Å². The second kappa shape index (κ2) is 11.2. The lowest BCUT2D eigenvalue weighted by molar-refractivity contribution is -0.114. The van der Waals surface area contributed by atoms with Crippen molar-refractivity contribution in [2.24, 2.45) is 0 Å². The number of allylic oxidation sites excluding steroid dienone is 1. The Morgan fingerprint density at radius 1 is 1.14 bits per heavy atom. The molecule has 2 fully saturated rings. The van der Waals surface area contributed by atoms with Crippen LogP contribution in [-0.2, 0) is 9.53 Å². The Morgan fingerprint density at radius 3 is 2.34 bits per heavy atom. The Morgan fingerprint density at radius 2 is 1.80 bits per heavy atom. The molecule has 35 heavy (non-hydrogen) atoms. The quantitative estimate of drug-likeness (QED) is 0.338. The summed E-state index contributed by atoms with van der Waals surface area (Å²) in [5.74, 6) is -2.51. The molecule has 12 heteroatoms. The number of anilines is 1. The standard InChI is InChI=1S/C17H17ClFNO4.C6H3Cl2NO2/c1-9(2)15-16(21)20(17(22)24-15)13-8-14(11(18)7-12(13)19)23-10-5-3-4-6-10;7-3-1-2-4(8)9-5(3)6(10)11/h7-8,10H,3-6H2,1-2H3;1-2H,(H,10,11). The van der Waals surface area contributed by atoms with Crippen molar-refractivity contribution in [3.05, 3.63) is 62.3 Å². The number of carboxylic acids is 1. The number of hydrogen-bond acceptors (Lipinski definition) is 6. The van der Waals surface area contributed by atoms with Crippen LogP contribution in [0.4, 0.5) is 14.9 Å². The number of ether oxygens (including phenoxy) is 2. The minimum atomic E-state index is -1.18. The molecule has 1 saturated carbocycles. The number of pyridine rings is 1. The number of carbonyl (C=O) groups is 3. The fourth-order valence-corrected chi connectivity index (χ4v) is 3.95. The number of halogens is 4. The van der Waals surface area contributed by atoms with Crippen LogP contribution < -0.4 is 9.64 Å². The molecule has 1 aliphatic heterocycles. The highest BCUT2D eigenvalue weighted by Crippen LogP contribution is 2.37. The van der Waals surface area contributed by atoms with E-state index in [1.165, 1.54) is 18.2 Å². The Bertz CT molecular complexity index is 1210. The van der Waals surface area contributed by atoms with Gasteiger partial charge < -0.3 is 14.6 Å². The van der Waals surface area contributed by atoms with E-state index in [4.69, 9.17) is 49.4 Å². The van der Waals surface area contributed by atoms with Gasteiger partial charge >= 0.3 is 18.0 Å². The lowest BCUT2D eigenvalue weighted by Crippen LogP contribution is -2.29. The molecule has 0 radical (unpaired) electrons. The number of aromatic carboxylic acids is 1. The SMILES string of the molecule is CC(C)=C1OC(=O)N(c2cc(OC3CCCC3)c(Cl)cc2F)C1=O.O=C(O)c1nc(Cl)ccc1Cl. The molecule has 4 rings (SSSR count). The summed E-state index contributed by atoms with van der Waals surface area (Å²) in [4.78, 5) is 38.9. The number of carbonyl (C=O) groups excluding carboxylic acids is 2. The van der Waals surface area contributed by atoms with E-state index in [0.717, 1.165) is 31.7 Å². The van der Waals surface area contributed by atoms with Gasteiger partial charge in [-0.25, -0.2) is 23.9 Å². The van der Waals surface area contributed by atoms with Gasteiger partial charge in [0.1, 0.15) is 16.7 Å². The number of aromatic nitrogens is 1. The molecule has 0 spiro atoms. The van der Waals surface area contributed by atoms with Crippen molar-refractivity contribution in [3.63, 3.8) is 0 Å². The molecule has 2 amide bonds. The second-order valence-electron chi connectivity index (χ2n) is 7.87. The van der Waals surface area contributed by atoms with E-state index < -0.39 is 23.8 Å². The Balaban J connectivity index is 0.000000261. The molecule has 186 valence electrons. The normalized spacial score (nSPS) is 15.6. The first kappa shape index (κ1) is 26.7. The van der Waals surface area contributed by atoms with Crippen LogP contribution in [0.3, 0.4) is 0 Å². The number of hydrogen-bond donors (Lipinski definition) is 1. The van der Waals surface area contributed by atoms with Crippen molar-refractivity contribution >= 4 is 58.5 Å². The topological polar surface area (TPSA) is 106 Å². The average molecular weight is 546 g/mol. The molecule has 2 aliphatic rings. The predicted octanol–water partition coefficient (Wildman–Crippen LogP) is 6.66. The van der Waals surface area contributed by atoms with E-state index in [2.05, 4.69) is 4.98 Å². The molecule has 1 aromatic heterocycles. The van der Waals surface area contributed by atoms with Crippen LogP contribution in [0.2, 0.25) is 15.2 Å². The van der Waals surface area contributed by atoms with Gasteiger partial charge in [0.2, 0.25) is 0 Å². The molecular weight excluding hydrogens is 526 g/mol. The highest BCUT2D eigenvalue weighted by Gasteiger charge is 2.40. The van der Waals surface area contributed by atoms with Gasteiger partial charge in [0.15, 0.2) is 11.5 Å². The molecule has 0 atom stereocenters. The molecule has 2 aromatic rings. The Hall–Kier alpha value is -2.88. The van der Waals surface area contributed by atoms with Gasteiger partial charge in [-0.1, -0.05) is 34.8 Å². The molecule has 0 bridgehead atoms. The van der Waals surface area contributed by atoms with Crippen molar-refractivity contribution < 1.29 is 33.4 Å². The smallest absolute Gasteiger partial charge is 0.427 e. The summed E-state index contributed by atoms with van der Waals surface area (Å²) >= 11 is 17.0. The van der Waals surface area contributed by atoms with E-state index in [1.807, 2.05) is 0 Å². The summed E-state index contributed by atoms with van der Waals surface area (Å²) in [6.07, 6.45) is 3.00. The molecule has 1 aromatic carbocycles. The van der Waals surface area contributed by atoms with Crippen molar-refractivity contribution in [2.75, 3.05) is 4.90 Å². The molecule has 1 saturated heterocycles. The maximum Gasteiger partial charge on any atom is 0.427 e. The maximum atomic E-state index is 14.3. The number of nitrogens with zero attached hydrogens (tertiary/aromatic N) is 2. The Labute approximate surface area is 215 Å². The van der Waals surface area contributed by atoms with Crippen LogP contribution >= 0.6 is 34.8 Å². The highest BCUT2D eigenvalue weighted by atomic mass is 35.5. The molecule has 0 unspecified atom stereocenters. The maximum absolute atomic E-state index is 14.3. The van der Waals surface area contributed by atoms with Crippen LogP contribution in [0.15, 0.2) is 35.6 Å². The van der Waals surface area contributed by atoms with Gasteiger partial charge in [-0.15, -0.1) is 0 Å². The predicted molar refractivity (Wildman–Crippen MR) is 128 cm³/mol. The zero-order chi connectivity index (χ0) is 25.9. The van der Waals surface area contributed by atoms with Gasteiger partial charge in [-0.2, -0.15) is 0 Å². The van der Waals surface area contributed by atoms with Crippen LogP contribution in [0.5, 0.6) is 5.75 Å². The second-order valence-corrected chi connectivity index (χ2v) is 9.07. The van der Waals surface area contributed by atoms with E-state index >= 15 is 0 Å². The summed E-state index contributed by atoms with van der Waals surface area (Å²) in [6, 6.07) is 5.14. The molecule has 1 aliphatic carbocycles. The first-order chi connectivity index (χ1) is 16.5. The first-order valence-corrected chi connectivity index (χ1v) is 11.6. The van der Waals surface area contributed by atoms with Crippen LogP contribution in [-0.4, -0.2) is 34.2 Å². The zero-order valence-corrected chi connectivity index (χ0v) is 20.9. The number of imide groups is 1. The van der Waals surface area contributed by atoms with E-state index in [9.17, 15) is 18.8 Å². The van der Waals surface area contributed by atoms with Gasteiger partial charge in [0, 0.05) is 6.07 Å².